The molecule has 0 saturated heterocycles. The monoisotopic (exact) mass is 356 g/mol. The maximum absolute atomic E-state index is 2.72. The fourth-order valence-corrected chi connectivity index (χ4v) is 3.51. The number of hydrogen-bond donors (Lipinski definition) is 0. The van der Waals surface area contributed by atoms with Gasteiger partial charge < -0.3 is 19.6 Å². The van der Waals surface area contributed by atoms with Crippen molar-refractivity contribution in [1.82, 2.24) is 19.6 Å². The van der Waals surface area contributed by atoms with Crippen LogP contribution in [-0.2, 0) is 0 Å². The molecule has 0 spiro atoms. The predicted molar refractivity (Wildman–Crippen MR) is 114 cm³/mol. The van der Waals surface area contributed by atoms with Gasteiger partial charge in [0.05, 0.1) is 0 Å². The van der Waals surface area contributed by atoms with Crippen LogP contribution >= 0.6 is 0 Å². The zero-order valence-corrected chi connectivity index (χ0v) is 18.4. The molecule has 0 aromatic carbocycles. The summed E-state index contributed by atoms with van der Waals surface area (Å²) in [4.78, 5) is 10.4. The molecule has 0 radical (unpaired) electrons. The third-order valence-corrected chi connectivity index (χ3v) is 5.53. The SMILES string of the molecule is CCN(CC)CCCN(CCCN(CC)CC)CCCN(CC)CC. The highest BCUT2D eigenvalue weighted by Gasteiger charge is 2.08. The van der Waals surface area contributed by atoms with Gasteiger partial charge in [-0.3, -0.25) is 0 Å². The van der Waals surface area contributed by atoms with Gasteiger partial charge in [-0.25, -0.2) is 0 Å². The van der Waals surface area contributed by atoms with E-state index in [-0.39, 0.29) is 0 Å². The Kier molecular flexibility index (Phi) is 17.2. The van der Waals surface area contributed by atoms with Crippen molar-refractivity contribution in [2.75, 3.05) is 78.5 Å². The Labute approximate surface area is 159 Å². The zero-order valence-electron chi connectivity index (χ0n) is 18.4. The van der Waals surface area contributed by atoms with Crippen molar-refractivity contribution in [2.45, 2.75) is 60.8 Å². The Hall–Kier alpha value is -0.160. The first kappa shape index (κ1) is 24.8. The molecule has 0 saturated carbocycles. The van der Waals surface area contributed by atoms with E-state index >= 15 is 0 Å². The molecule has 0 aliphatic heterocycles. The Morgan fingerprint density at radius 3 is 0.720 bits per heavy atom. The molecule has 25 heavy (non-hydrogen) atoms. The average Bonchev–Trinajstić information content (AvgIpc) is 2.65. The van der Waals surface area contributed by atoms with Crippen LogP contribution in [0.3, 0.4) is 0 Å². The summed E-state index contributed by atoms with van der Waals surface area (Å²) in [5, 5.41) is 0. The third kappa shape index (κ3) is 12.8. The van der Waals surface area contributed by atoms with Crippen LogP contribution in [0.5, 0.6) is 0 Å². The Morgan fingerprint density at radius 1 is 0.320 bits per heavy atom. The Bertz CT molecular complexity index is 218. The standard InChI is InChI=1S/C21H48N4/c1-7-22(8-2)16-13-19-25(20-14-17-23(9-3)10-4)21-15-18-24(11-5)12-6/h7-21H2,1-6H3. The van der Waals surface area contributed by atoms with Gasteiger partial charge >= 0.3 is 0 Å². The second-order valence-electron chi connectivity index (χ2n) is 6.98. The lowest BCUT2D eigenvalue weighted by Crippen LogP contribution is -2.35. The van der Waals surface area contributed by atoms with Gasteiger partial charge in [-0.05, 0) is 97.8 Å². The second kappa shape index (κ2) is 17.3. The maximum Gasteiger partial charge on any atom is -0.000653 e. The molecular formula is C21H48N4. The number of rotatable bonds is 18. The highest BCUT2D eigenvalue weighted by atomic mass is 15.2. The lowest BCUT2D eigenvalue weighted by atomic mass is 10.2. The maximum atomic E-state index is 2.72. The van der Waals surface area contributed by atoms with Crippen LogP contribution in [0.1, 0.15) is 60.8 Å². The highest BCUT2D eigenvalue weighted by Crippen LogP contribution is 2.02. The minimum Gasteiger partial charge on any atom is -0.304 e. The fraction of sp³-hybridized carbons (Fsp3) is 1.00. The summed E-state index contributed by atoms with van der Waals surface area (Å²) in [6, 6.07) is 0. The topological polar surface area (TPSA) is 13.0 Å². The normalized spacial score (nSPS) is 12.2. The van der Waals surface area contributed by atoms with Crippen LogP contribution in [0.4, 0.5) is 0 Å². The molecule has 0 aromatic heterocycles. The number of nitrogens with zero attached hydrogens (tertiary/aromatic N) is 4. The van der Waals surface area contributed by atoms with Crippen LogP contribution < -0.4 is 0 Å². The van der Waals surface area contributed by atoms with E-state index in [1.165, 1.54) is 97.8 Å². The highest BCUT2D eigenvalue weighted by molar-refractivity contribution is 4.64. The Morgan fingerprint density at radius 2 is 0.520 bits per heavy atom. The van der Waals surface area contributed by atoms with Gasteiger partial charge in [0.25, 0.3) is 0 Å². The second-order valence-corrected chi connectivity index (χ2v) is 6.98. The zero-order chi connectivity index (χ0) is 18.9. The van der Waals surface area contributed by atoms with Gasteiger partial charge in [-0.1, -0.05) is 41.5 Å². The summed E-state index contributed by atoms with van der Waals surface area (Å²) in [6.07, 6.45) is 3.91. The van der Waals surface area contributed by atoms with E-state index in [0.29, 0.717) is 0 Å². The molecule has 0 N–H and O–H groups in total. The molecule has 0 rings (SSSR count). The minimum atomic E-state index is 1.18. The average molecular weight is 357 g/mol. The van der Waals surface area contributed by atoms with Crippen LogP contribution in [0, 0.1) is 0 Å². The van der Waals surface area contributed by atoms with E-state index in [0.717, 1.165) is 0 Å². The van der Waals surface area contributed by atoms with Crippen molar-refractivity contribution in [3.05, 3.63) is 0 Å². The summed E-state index contributed by atoms with van der Waals surface area (Å²) < 4.78 is 0. The van der Waals surface area contributed by atoms with Crippen LogP contribution in [0.15, 0.2) is 0 Å². The van der Waals surface area contributed by atoms with E-state index in [2.05, 4.69) is 61.1 Å². The largest absolute Gasteiger partial charge is 0.304 e. The quantitative estimate of drug-likeness (QED) is 0.373. The van der Waals surface area contributed by atoms with Crippen molar-refractivity contribution in [1.29, 1.82) is 0 Å². The predicted octanol–water partition coefficient (Wildman–Crippen LogP) is 3.48. The molecule has 0 heterocycles. The van der Waals surface area contributed by atoms with Gasteiger partial charge in [-0.15, -0.1) is 0 Å². The molecule has 0 amide bonds. The van der Waals surface area contributed by atoms with E-state index in [9.17, 15) is 0 Å². The van der Waals surface area contributed by atoms with Crippen molar-refractivity contribution >= 4 is 0 Å². The molecule has 0 atom stereocenters. The summed E-state index contributed by atoms with van der Waals surface area (Å²) in [5.41, 5.74) is 0. The van der Waals surface area contributed by atoms with E-state index in [1.54, 1.807) is 0 Å². The van der Waals surface area contributed by atoms with Crippen LogP contribution in [-0.4, -0.2) is 98.1 Å². The fourth-order valence-electron chi connectivity index (χ4n) is 3.51. The molecule has 0 unspecified atom stereocenters. The molecule has 0 aliphatic rings. The smallest absolute Gasteiger partial charge is 0.000653 e. The molecule has 0 bridgehead atoms. The van der Waals surface area contributed by atoms with E-state index in [4.69, 9.17) is 0 Å². The first-order valence-corrected chi connectivity index (χ1v) is 11.0. The first-order valence-electron chi connectivity index (χ1n) is 11.0. The van der Waals surface area contributed by atoms with Gasteiger partial charge in [0.2, 0.25) is 0 Å². The molecule has 0 fully saturated rings. The van der Waals surface area contributed by atoms with Crippen molar-refractivity contribution < 1.29 is 0 Å². The molecular weight excluding hydrogens is 308 g/mol. The molecule has 4 nitrogen and oxygen atoms in total. The summed E-state index contributed by atoms with van der Waals surface area (Å²) in [6.45, 7) is 28.2. The van der Waals surface area contributed by atoms with Gasteiger partial charge in [-0.2, -0.15) is 0 Å². The van der Waals surface area contributed by atoms with Crippen molar-refractivity contribution in [2.24, 2.45) is 0 Å². The minimum absolute atomic E-state index is 1.18. The molecule has 4 heteroatoms. The molecule has 0 aliphatic carbocycles. The Balaban J connectivity index is 4.24. The first-order chi connectivity index (χ1) is 12.1. The summed E-state index contributed by atoms with van der Waals surface area (Å²) in [5.74, 6) is 0. The molecule has 0 aromatic rings. The van der Waals surface area contributed by atoms with Gasteiger partial charge in [0.1, 0.15) is 0 Å². The molecule has 152 valence electrons. The van der Waals surface area contributed by atoms with Gasteiger partial charge in [0, 0.05) is 0 Å². The van der Waals surface area contributed by atoms with Crippen molar-refractivity contribution in [3.8, 4) is 0 Å². The van der Waals surface area contributed by atoms with Crippen LogP contribution in [0.2, 0.25) is 0 Å². The van der Waals surface area contributed by atoms with Gasteiger partial charge in [0.15, 0.2) is 0 Å². The van der Waals surface area contributed by atoms with E-state index < -0.39 is 0 Å². The summed E-state index contributed by atoms with van der Waals surface area (Å²) >= 11 is 0. The summed E-state index contributed by atoms with van der Waals surface area (Å²) in [7, 11) is 0. The lowest BCUT2D eigenvalue weighted by Gasteiger charge is -2.27. The number of hydrogen-bond acceptors (Lipinski definition) is 4. The third-order valence-electron chi connectivity index (χ3n) is 5.53. The van der Waals surface area contributed by atoms with Crippen LogP contribution in [0.25, 0.3) is 0 Å². The van der Waals surface area contributed by atoms with Crippen molar-refractivity contribution in [3.63, 3.8) is 0 Å². The van der Waals surface area contributed by atoms with E-state index in [1.807, 2.05) is 0 Å². The lowest BCUT2D eigenvalue weighted by molar-refractivity contribution is 0.204.